The van der Waals surface area contributed by atoms with Crippen LogP contribution in [0.15, 0.2) is 24.3 Å². The second kappa shape index (κ2) is 6.72. The zero-order valence-electron chi connectivity index (χ0n) is 12.6. The number of hydrogen-bond acceptors (Lipinski definition) is 3. The van der Waals surface area contributed by atoms with Gasteiger partial charge in [0.05, 0.1) is 6.04 Å². The molecule has 3 N–H and O–H groups in total. The second-order valence-corrected chi connectivity index (χ2v) is 5.81. The number of benzene rings is 1. The average molecular weight is 289 g/mol. The van der Waals surface area contributed by atoms with Crippen molar-refractivity contribution in [1.29, 1.82) is 0 Å². The molecule has 1 aliphatic rings. The van der Waals surface area contributed by atoms with Gasteiger partial charge in [0.15, 0.2) is 0 Å². The van der Waals surface area contributed by atoms with Crippen LogP contribution in [-0.4, -0.2) is 24.4 Å². The number of nitrogens with zero attached hydrogens (tertiary/aromatic N) is 1. The van der Waals surface area contributed by atoms with Crippen molar-refractivity contribution >= 4 is 17.5 Å². The van der Waals surface area contributed by atoms with Crippen LogP contribution in [0.3, 0.4) is 0 Å². The fraction of sp³-hybridized carbons (Fsp3) is 0.500. The van der Waals surface area contributed by atoms with Gasteiger partial charge in [-0.2, -0.15) is 0 Å². The summed E-state index contributed by atoms with van der Waals surface area (Å²) in [5.41, 5.74) is 7.68. The molecule has 0 spiro atoms. The molecule has 0 radical (unpaired) electrons. The van der Waals surface area contributed by atoms with Gasteiger partial charge in [0.2, 0.25) is 11.8 Å². The zero-order chi connectivity index (χ0) is 15.4. The summed E-state index contributed by atoms with van der Waals surface area (Å²) in [7, 11) is 0. The van der Waals surface area contributed by atoms with E-state index in [2.05, 4.69) is 5.32 Å². The molecule has 2 rings (SSSR count). The second-order valence-electron chi connectivity index (χ2n) is 5.81. The van der Waals surface area contributed by atoms with E-state index in [1.54, 1.807) is 4.90 Å². The van der Waals surface area contributed by atoms with Gasteiger partial charge in [-0.25, -0.2) is 0 Å². The predicted molar refractivity (Wildman–Crippen MR) is 82.7 cm³/mol. The lowest BCUT2D eigenvalue weighted by atomic mass is 10.0. The first kappa shape index (κ1) is 15.5. The summed E-state index contributed by atoms with van der Waals surface area (Å²) < 4.78 is 0. The summed E-state index contributed by atoms with van der Waals surface area (Å²) >= 11 is 0. The van der Waals surface area contributed by atoms with Crippen LogP contribution < -0.4 is 16.0 Å². The first-order valence-corrected chi connectivity index (χ1v) is 7.41. The fourth-order valence-corrected chi connectivity index (χ4v) is 2.37. The van der Waals surface area contributed by atoms with Crippen LogP contribution in [0, 0.1) is 5.92 Å². The highest BCUT2D eigenvalue weighted by Gasteiger charge is 2.22. The van der Waals surface area contributed by atoms with E-state index < -0.39 is 6.04 Å². The first-order chi connectivity index (χ1) is 9.99. The molecule has 0 saturated carbocycles. The molecule has 1 aromatic rings. The number of nitrogens with one attached hydrogen (secondary N) is 1. The van der Waals surface area contributed by atoms with Crippen molar-refractivity contribution in [2.24, 2.45) is 11.7 Å². The van der Waals surface area contributed by atoms with Gasteiger partial charge in [-0.3, -0.25) is 9.59 Å². The van der Waals surface area contributed by atoms with Crippen LogP contribution in [-0.2, 0) is 16.1 Å². The van der Waals surface area contributed by atoms with Crippen LogP contribution in [0.2, 0.25) is 0 Å². The normalized spacial score (nSPS) is 16.4. The van der Waals surface area contributed by atoms with Crippen molar-refractivity contribution in [3.8, 4) is 0 Å². The average Bonchev–Trinajstić information content (AvgIpc) is 2.90. The molecule has 0 aromatic heterocycles. The van der Waals surface area contributed by atoms with Gasteiger partial charge in [-0.1, -0.05) is 26.0 Å². The molecule has 1 aromatic carbocycles. The molecule has 1 heterocycles. The topological polar surface area (TPSA) is 75.4 Å². The number of rotatable bonds is 5. The lowest BCUT2D eigenvalue weighted by molar-refractivity contribution is -0.123. The van der Waals surface area contributed by atoms with Crippen LogP contribution in [0.5, 0.6) is 0 Å². The summed E-state index contributed by atoms with van der Waals surface area (Å²) in [4.78, 5) is 25.4. The van der Waals surface area contributed by atoms with E-state index in [0.29, 0.717) is 13.0 Å². The van der Waals surface area contributed by atoms with E-state index in [9.17, 15) is 9.59 Å². The van der Waals surface area contributed by atoms with E-state index in [1.807, 2.05) is 38.1 Å². The Kier molecular flexibility index (Phi) is 4.96. The van der Waals surface area contributed by atoms with Crippen molar-refractivity contribution in [3.63, 3.8) is 0 Å². The number of carbonyl (C=O) groups excluding carboxylic acids is 2. The monoisotopic (exact) mass is 289 g/mol. The first-order valence-electron chi connectivity index (χ1n) is 7.41. The Morgan fingerprint density at radius 3 is 2.81 bits per heavy atom. The summed E-state index contributed by atoms with van der Waals surface area (Å²) in [5, 5.41) is 2.84. The molecule has 1 atom stereocenters. The third kappa shape index (κ3) is 3.82. The van der Waals surface area contributed by atoms with E-state index in [4.69, 9.17) is 5.73 Å². The lowest BCUT2D eigenvalue weighted by Crippen LogP contribution is -2.43. The van der Waals surface area contributed by atoms with Crippen molar-refractivity contribution in [1.82, 2.24) is 5.32 Å². The minimum absolute atomic E-state index is 0.110. The highest BCUT2D eigenvalue weighted by atomic mass is 16.2. The molecule has 0 unspecified atom stereocenters. The van der Waals surface area contributed by atoms with Crippen molar-refractivity contribution in [2.45, 2.75) is 39.3 Å². The smallest absolute Gasteiger partial charge is 0.237 e. The molecule has 1 saturated heterocycles. The highest BCUT2D eigenvalue weighted by Crippen LogP contribution is 2.22. The van der Waals surface area contributed by atoms with Gasteiger partial charge in [-0.05, 0) is 30.0 Å². The molecule has 0 aliphatic carbocycles. The third-order valence-electron chi connectivity index (χ3n) is 3.78. The van der Waals surface area contributed by atoms with E-state index >= 15 is 0 Å². The summed E-state index contributed by atoms with van der Waals surface area (Å²) in [5.74, 6) is 0.129. The Balaban J connectivity index is 1.98. The molecule has 0 bridgehead atoms. The number of amides is 2. The van der Waals surface area contributed by atoms with E-state index in [1.165, 1.54) is 0 Å². The van der Waals surface area contributed by atoms with Gasteiger partial charge in [0, 0.05) is 25.2 Å². The summed E-state index contributed by atoms with van der Waals surface area (Å²) in [6.07, 6.45) is 1.52. The largest absolute Gasteiger partial charge is 0.351 e. The summed E-state index contributed by atoms with van der Waals surface area (Å²) in [6, 6.07) is 7.22. The maximum Gasteiger partial charge on any atom is 0.237 e. The Morgan fingerprint density at radius 2 is 2.19 bits per heavy atom. The highest BCUT2D eigenvalue weighted by molar-refractivity contribution is 5.95. The minimum Gasteiger partial charge on any atom is -0.351 e. The van der Waals surface area contributed by atoms with Crippen LogP contribution in [0.4, 0.5) is 5.69 Å². The van der Waals surface area contributed by atoms with Crippen LogP contribution in [0.25, 0.3) is 0 Å². The van der Waals surface area contributed by atoms with Gasteiger partial charge >= 0.3 is 0 Å². The Labute approximate surface area is 125 Å². The summed E-state index contributed by atoms with van der Waals surface area (Å²) in [6.45, 7) is 5.04. The fourth-order valence-electron chi connectivity index (χ4n) is 2.37. The Morgan fingerprint density at radius 1 is 1.43 bits per heavy atom. The number of carbonyl (C=O) groups is 2. The molecule has 114 valence electrons. The molecule has 5 heteroatoms. The minimum atomic E-state index is -0.492. The molecule has 2 amide bonds. The quantitative estimate of drug-likeness (QED) is 0.860. The van der Waals surface area contributed by atoms with Crippen molar-refractivity contribution in [2.75, 3.05) is 11.4 Å². The van der Waals surface area contributed by atoms with E-state index in [0.717, 1.165) is 24.2 Å². The molecule has 1 fully saturated rings. The van der Waals surface area contributed by atoms with Crippen molar-refractivity contribution in [3.05, 3.63) is 29.8 Å². The molecule has 1 aliphatic heterocycles. The molecular weight excluding hydrogens is 266 g/mol. The van der Waals surface area contributed by atoms with E-state index in [-0.39, 0.29) is 17.7 Å². The maximum atomic E-state index is 11.9. The van der Waals surface area contributed by atoms with Gasteiger partial charge in [0.25, 0.3) is 0 Å². The molecular formula is C16H23N3O2. The van der Waals surface area contributed by atoms with Crippen LogP contribution in [0.1, 0.15) is 32.3 Å². The number of anilines is 1. The molecule has 5 nitrogen and oxygen atoms in total. The standard InChI is InChI=1S/C16H23N3O2/c1-11(2)15(17)16(21)18-10-12-5-3-6-13(9-12)19-8-4-7-14(19)20/h3,5-6,9,11,15H,4,7-8,10,17H2,1-2H3,(H,18,21)/t15-/m0/s1. The Hall–Kier alpha value is -1.88. The number of nitrogens with two attached hydrogens (primary N) is 1. The maximum absolute atomic E-state index is 11.9. The Bertz CT molecular complexity index is 528. The van der Waals surface area contributed by atoms with Gasteiger partial charge < -0.3 is 16.0 Å². The van der Waals surface area contributed by atoms with Gasteiger partial charge in [0.1, 0.15) is 0 Å². The zero-order valence-corrected chi connectivity index (χ0v) is 12.6. The molecule has 21 heavy (non-hydrogen) atoms. The lowest BCUT2D eigenvalue weighted by Gasteiger charge is -2.18. The SMILES string of the molecule is CC(C)[C@H](N)C(=O)NCc1cccc(N2CCCC2=O)c1. The van der Waals surface area contributed by atoms with Gasteiger partial charge in [-0.15, -0.1) is 0 Å². The van der Waals surface area contributed by atoms with Crippen molar-refractivity contribution < 1.29 is 9.59 Å². The van der Waals surface area contributed by atoms with Crippen LogP contribution >= 0.6 is 0 Å². The third-order valence-corrected chi connectivity index (χ3v) is 3.78. The number of hydrogen-bond donors (Lipinski definition) is 2. The predicted octanol–water partition coefficient (Wildman–Crippen LogP) is 1.41.